The number of nitrogens with zero attached hydrogens (tertiary/aromatic N) is 1. The molecule has 3 unspecified atom stereocenters. The Balaban J connectivity index is 2.21. The van der Waals surface area contributed by atoms with Crippen LogP contribution in [0.4, 0.5) is 0 Å². The van der Waals surface area contributed by atoms with E-state index in [1.54, 1.807) is 0 Å². The second-order valence-electron chi connectivity index (χ2n) is 4.78. The van der Waals surface area contributed by atoms with E-state index in [2.05, 4.69) is 38.0 Å². The minimum Gasteiger partial charge on any atom is -0.311 e. The average molecular weight is 230 g/mol. The first kappa shape index (κ1) is 13.3. The topological polar surface area (TPSA) is 15.3 Å². The third-order valence-corrected chi connectivity index (χ3v) is 4.44. The fraction of sp³-hybridized carbons (Fsp3) is 1.00. The monoisotopic (exact) mass is 230 g/mol. The van der Waals surface area contributed by atoms with E-state index in [0.717, 1.165) is 12.1 Å². The van der Waals surface area contributed by atoms with Gasteiger partial charge in [0.1, 0.15) is 0 Å². The van der Waals surface area contributed by atoms with E-state index in [1.165, 1.54) is 30.9 Å². The van der Waals surface area contributed by atoms with Gasteiger partial charge in [0.2, 0.25) is 0 Å². The number of thioether (sulfide) groups is 1. The lowest BCUT2D eigenvalue weighted by Crippen LogP contribution is -2.48. The van der Waals surface area contributed by atoms with Crippen LogP contribution in [0.2, 0.25) is 0 Å². The number of piperidine rings is 1. The summed E-state index contributed by atoms with van der Waals surface area (Å²) >= 11 is 2.03. The van der Waals surface area contributed by atoms with Gasteiger partial charge in [-0.2, -0.15) is 11.8 Å². The summed E-state index contributed by atoms with van der Waals surface area (Å²) in [4.78, 5) is 2.46. The quantitative estimate of drug-likeness (QED) is 0.779. The van der Waals surface area contributed by atoms with Crippen LogP contribution in [0.15, 0.2) is 0 Å². The standard InChI is InChI=1S/C12H26N2S/c1-5-15-9-10(2)13-12-6-7-14(4)11(3)8-12/h10-13H,5-9H2,1-4H3. The van der Waals surface area contributed by atoms with Crippen LogP contribution in [0.1, 0.15) is 33.6 Å². The molecule has 0 spiro atoms. The van der Waals surface area contributed by atoms with E-state index >= 15 is 0 Å². The molecule has 0 radical (unpaired) electrons. The molecule has 1 saturated heterocycles. The number of hydrogen-bond donors (Lipinski definition) is 1. The molecule has 15 heavy (non-hydrogen) atoms. The van der Waals surface area contributed by atoms with Crippen molar-refractivity contribution in [2.75, 3.05) is 25.1 Å². The van der Waals surface area contributed by atoms with E-state index in [-0.39, 0.29) is 0 Å². The molecule has 0 amide bonds. The Kier molecular flexibility index (Phi) is 6.02. The highest BCUT2D eigenvalue weighted by Gasteiger charge is 2.23. The Morgan fingerprint density at radius 2 is 2.27 bits per heavy atom. The summed E-state index contributed by atoms with van der Waals surface area (Å²) < 4.78 is 0. The van der Waals surface area contributed by atoms with Gasteiger partial charge in [-0.1, -0.05) is 6.92 Å². The summed E-state index contributed by atoms with van der Waals surface area (Å²) in [6.07, 6.45) is 2.61. The van der Waals surface area contributed by atoms with Crippen molar-refractivity contribution < 1.29 is 0 Å². The van der Waals surface area contributed by atoms with Crippen molar-refractivity contribution in [3.63, 3.8) is 0 Å². The third-order valence-electron chi connectivity index (χ3n) is 3.30. The summed E-state index contributed by atoms with van der Waals surface area (Å²) in [6.45, 7) is 8.12. The van der Waals surface area contributed by atoms with E-state index in [9.17, 15) is 0 Å². The largest absolute Gasteiger partial charge is 0.311 e. The van der Waals surface area contributed by atoms with E-state index in [1.807, 2.05) is 11.8 Å². The van der Waals surface area contributed by atoms with E-state index in [0.29, 0.717) is 6.04 Å². The van der Waals surface area contributed by atoms with Crippen LogP contribution in [0.25, 0.3) is 0 Å². The molecular formula is C12H26N2S. The molecule has 2 nitrogen and oxygen atoms in total. The highest BCUT2D eigenvalue weighted by atomic mass is 32.2. The van der Waals surface area contributed by atoms with Gasteiger partial charge in [-0.25, -0.2) is 0 Å². The number of likely N-dealkylation sites (tertiary alicyclic amines) is 1. The van der Waals surface area contributed by atoms with Gasteiger partial charge in [-0.15, -0.1) is 0 Å². The average Bonchev–Trinajstić information content (AvgIpc) is 2.20. The summed E-state index contributed by atoms with van der Waals surface area (Å²) in [7, 11) is 2.23. The van der Waals surface area contributed by atoms with Gasteiger partial charge in [0.15, 0.2) is 0 Å². The number of rotatable bonds is 5. The Bertz CT molecular complexity index is 175. The number of hydrogen-bond acceptors (Lipinski definition) is 3. The second kappa shape index (κ2) is 6.77. The second-order valence-corrected chi connectivity index (χ2v) is 6.10. The molecule has 0 aromatic rings. The van der Waals surface area contributed by atoms with Crippen LogP contribution in [0.5, 0.6) is 0 Å². The molecule has 0 aliphatic carbocycles. The maximum Gasteiger partial charge on any atom is 0.0132 e. The van der Waals surface area contributed by atoms with Crippen LogP contribution in [0.3, 0.4) is 0 Å². The molecule has 0 aromatic heterocycles. The van der Waals surface area contributed by atoms with Crippen molar-refractivity contribution in [2.24, 2.45) is 0 Å². The minimum atomic E-state index is 0.663. The van der Waals surface area contributed by atoms with Crippen LogP contribution in [0, 0.1) is 0 Å². The molecule has 1 aliphatic rings. The highest BCUT2D eigenvalue weighted by molar-refractivity contribution is 7.99. The Labute approximate surface area is 99.2 Å². The molecule has 3 heteroatoms. The number of nitrogens with one attached hydrogen (secondary N) is 1. The first-order valence-electron chi connectivity index (χ1n) is 6.17. The van der Waals surface area contributed by atoms with Crippen molar-refractivity contribution in [3.8, 4) is 0 Å². The molecule has 0 aromatic carbocycles. The van der Waals surface area contributed by atoms with E-state index in [4.69, 9.17) is 0 Å². The molecule has 0 bridgehead atoms. The van der Waals surface area contributed by atoms with Crippen molar-refractivity contribution in [2.45, 2.75) is 51.7 Å². The lowest BCUT2D eigenvalue weighted by atomic mass is 9.98. The fourth-order valence-corrected chi connectivity index (χ4v) is 2.87. The lowest BCUT2D eigenvalue weighted by molar-refractivity contribution is 0.165. The zero-order valence-corrected chi connectivity index (χ0v) is 11.4. The van der Waals surface area contributed by atoms with E-state index < -0.39 is 0 Å². The molecule has 0 saturated carbocycles. The molecule has 1 N–H and O–H groups in total. The summed E-state index contributed by atoms with van der Waals surface area (Å²) in [5, 5.41) is 3.76. The third kappa shape index (κ3) is 4.75. The molecule has 1 aliphatic heterocycles. The normalized spacial score (nSPS) is 30.4. The molecule has 90 valence electrons. The summed E-state index contributed by atoms with van der Waals surface area (Å²) in [6, 6.07) is 2.14. The van der Waals surface area contributed by atoms with Crippen molar-refractivity contribution in [3.05, 3.63) is 0 Å². The Morgan fingerprint density at radius 3 is 2.87 bits per heavy atom. The first-order chi connectivity index (χ1) is 7.13. The maximum absolute atomic E-state index is 3.76. The Morgan fingerprint density at radius 1 is 1.53 bits per heavy atom. The predicted molar refractivity (Wildman–Crippen MR) is 70.7 cm³/mol. The SMILES string of the molecule is CCSCC(C)NC1CCN(C)C(C)C1. The summed E-state index contributed by atoms with van der Waals surface area (Å²) in [5.41, 5.74) is 0. The molecule has 1 heterocycles. The van der Waals surface area contributed by atoms with Gasteiger partial charge in [0.05, 0.1) is 0 Å². The highest BCUT2D eigenvalue weighted by Crippen LogP contribution is 2.16. The first-order valence-corrected chi connectivity index (χ1v) is 7.33. The Hall–Kier alpha value is 0.270. The van der Waals surface area contributed by atoms with Gasteiger partial charge in [-0.3, -0.25) is 0 Å². The van der Waals surface area contributed by atoms with Crippen molar-refractivity contribution >= 4 is 11.8 Å². The molecular weight excluding hydrogens is 204 g/mol. The molecule has 1 rings (SSSR count). The maximum atomic E-state index is 3.76. The van der Waals surface area contributed by atoms with Gasteiger partial charge in [0, 0.05) is 23.9 Å². The predicted octanol–water partition coefficient (Wildman–Crippen LogP) is 2.20. The van der Waals surface area contributed by atoms with Crippen molar-refractivity contribution in [1.82, 2.24) is 10.2 Å². The van der Waals surface area contributed by atoms with Crippen LogP contribution < -0.4 is 5.32 Å². The fourth-order valence-electron chi connectivity index (χ4n) is 2.19. The zero-order chi connectivity index (χ0) is 11.3. The van der Waals surface area contributed by atoms with Crippen molar-refractivity contribution in [1.29, 1.82) is 0 Å². The van der Waals surface area contributed by atoms with Gasteiger partial charge >= 0.3 is 0 Å². The van der Waals surface area contributed by atoms with Crippen LogP contribution in [-0.4, -0.2) is 48.1 Å². The molecule has 3 atom stereocenters. The molecule has 1 fully saturated rings. The zero-order valence-electron chi connectivity index (χ0n) is 10.6. The van der Waals surface area contributed by atoms with Crippen LogP contribution in [-0.2, 0) is 0 Å². The smallest absolute Gasteiger partial charge is 0.0132 e. The summed E-state index contributed by atoms with van der Waals surface area (Å²) in [5.74, 6) is 2.48. The minimum absolute atomic E-state index is 0.663. The van der Waals surface area contributed by atoms with Crippen LogP contribution >= 0.6 is 11.8 Å². The van der Waals surface area contributed by atoms with Gasteiger partial charge < -0.3 is 10.2 Å². The van der Waals surface area contributed by atoms with Gasteiger partial charge in [-0.05, 0) is 46.0 Å². The van der Waals surface area contributed by atoms with Gasteiger partial charge in [0.25, 0.3) is 0 Å². The lowest BCUT2D eigenvalue weighted by Gasteiger charge is -2.36.